The van der Waals surface area contributed by atoms with Crippen LogP contribution in [0, 0.1) is 5.92 Å². The molecule has 4 rings (SSSR count). The van der Waals surface area contributed by atoms with E-state index in [2.05, 4.69) is 13.5 Å². The number of ether oxygens (including phenoxy) is 5. The van der Waals surface area contributed by atoms with Gasteiger partial charge in [0.1, 0.15) is 5.60 Å². The predicted molar refractivity (Wildman–Crippen MR) is 98.6 cm³/mol. The fourth-order valence-corrected chi connectivity index (χ4v) is 4.68. The van der Waals surface area contributed by atoms with Crippen LogP contribution in [0.1, 0.15) is 31.4 Å². The maximum Gasteiger partial charge on any atom is 0.231 e. The van der Waals surface area contributed by atoms with Crippen LogP contribution >= 0.6 is 0 Å². The van der Waals surface area contributed by atoms with Gasteiger partial charge in [-0.3, -0.25) is 0 Å². The van der Waals surface area contributed by atoms with Gasteiger partial charge in [-0.25, -0.2) is 0 Å². The number of methoxy groups -OCH3 is 2. The van der Waals surface area contributed by atoms with Gasteiger partial charge in [-0.15, -0.1) is 6.58 Å². The molecule has 1 N–H and O–H groups in total. The van der Waals surface area contributed by atoms with Gasteiger partial charge >= 0.3 is 0 Å². The van der Waals surface area contributed by atoms with Gasteiger partial charge in [0.2, 0.25) is 12.6 Å². The molecule has 6 heteroatoms. The van der Waals surface area contributed by atoms with Crippen LogP contribution in [0.3, 0.4) is 0 Å². The maximum absolute atomic E-state index is 10.7. The number of hydrogen-bond acceptors (Lipinski definition) is 6. The van der Waals surface area contributed by atoms with Crippen LogP contribution in [0.2, 0.25) is 0 Å². The SMILES string of the molecule is C=CCC1=C[C@]2(OC)[C@H](C)[C@@H](c3ccc4c(c3)OCO4)O[C@]2(OC)C[C@@H]1O. The molecule has 1 fully saturated rings. The maximum atomic E-state index is 10.7. The van der Waals surface area contributed by atoms with Crippen molar-refractivity contribution in [2.75, 3.05) is 21.0 Å². The lowest BCUT2D eigenvalue weighted by molar-refractivity contribution is -0.287. The molecular weight excluding hydrogens is 348 g/mol. The van der Waals surface area contributed by atoms with Crippen molar-refractivity contribution in [1.29, 1.82) is 0 Å². The van der Waals surface area contributed by atoms with Crippen molar-refractivity contribution in [3.05, 3.63) is 48.1 Å². The minimum atomic E-state index is -1.08. The predicted octanol–water partition coefficient (Wildman–Crippen LogP) is 3.12. The Kier molecular flexibility index (Phi) is 4.55. The Morgan fingerprint density at radius 3 is 2.74 bits per heavy atom. The Labute approximate surface area is 159 Å². The first-order valence-corrected chi connectivity index (χ1v) is 9.18. The molecule has 0 bridgehead atoms. The highest BCUT2D eigenvalue weighted by Gasteiger charge is 2.67. The lowest BCUT2D eigenvalue weighted by Crippen LogP contribution is -2.59. The van der Waals surface area contributed by atoms with E-state index < -0.39 is 17.5 Å². The zero-order valence-electron chi connectivity index (χ0n) is 15.9. The average molecular weight is 374 g/mol. The molecular formula is C21H26O6. The lowest BCUT2D eigenvalue weighted by atomic mass is 9.72. The summed E-state index contributed by atoms with van der Waals surface area (Å²) in [6, 6.07) is 5.81. The molecule has 2 heterocycles. The molecule has 2 aliphatic heterocycles. The second-order valence-corrected chi connectivity index (χ2v) is 7.33. The zero-order chi connectivity index (χ0) is 19.2. The van der Waals surface area contributed by atoms with E-state index in [1.54, 1.807) is 20.3 Å². The van der Waals surface area contributed by atoms with Crippen molar-refractivity contribution in [3.8, 4) is 11.5 Å². The molecule has 1 aromatic carbocycles. The van der Waals surface area contributed by atoms with Gasteiger partial charge in [-0.1, -0.05) is 19.1 Å². The van der Waals surface area contributed by atoms with Crippen LogP contribution in [0.25, 0.3) is 0 Å². The van der Waals surface area contributed by atoms with E-state index in [-0.39, 0.29) is 18.8 Å². The molecule has 0 spiro atoms. The fraction of sp³-hybridized carbons (Fsp3) is 0.524. The summed E-state index contributed by atoms with van der Waals surface area (Å²) >= 11 is 0. The average Bonchev–Trinajstić information content (AvgIpc) is 3.24. The standard InChI is InChI=1S/C21H26O6/c1-5-6-15-10-20(23-3)13(2)19(27-21(20,24-4)11-16(15)22)14-7-8-17-18(9-14)26-12-25-17/h5,7-10,13,16,19,22H,1,6,11-12H2,2-4H3/t13-,16+,19+,20+,21-/m1/s1. The molecule has 1 saturated heterocycles. The van der Waals surface area contributed by atoms with Crippen LogP contribution in [0.5, 0.6) is 11.5 Å². The van der Waals surface area contributed by atoms with E-state index in [1.807, 2.05) is 24.3 Å². The summed E-state index contributed by atoms with van der Waals surface area (Å²) in [5.74, 6) is 0.300. The van der Waals surface area contributed by atoms with Crippen LogP contribution in [0.15, 0.2) is 42.5 Å². The third-order valence-corrected chi connectivity index (χ3v) is 6.11. The van der Waals surface area contributed by atoms with Gasteiger partial charge < -0.3 is 28.8 Å². The van der Waals surface area contributed by atoms with E-state index in [1.165, 1.54) is 0 Å². The third-order valence-electron chi connectivity index (χ3n) is 6.11. The molecule has 6 nitrogen and oxygen atoms in total. The van der Waals surface area contributed by atoms with E-state index in [0.717, 1.165) is 16.9 Å². The van der Waals surface area contributed by atoms with Gasteiger partial charge in [-0.2, -0.15) is 0 Å². The van der Waals surface area contributed by atoms with Crippen LogP contribution in [-0.2, 0) is 14.2 Å². The number of fused-ring (bicyclic) bond motifs is 2. The van der Waals surface area contributed by atoms with E-state index in [9.17, 15) is 5.11 Å². The Hall–Kier alpha value is -1.86. The number of allylic oxidation sites excluding steroid dienone is 1. The fourth-order valence-electron chi connectivity index (χ4n) is 4.68. The molecule has 0 unspecified atom stereocenters. The largest absolute Gasteiger partial charge is 0.454 e. The summed E-state index contributed by atoms with van der Waals surface area (Å²) in [7, 11) is 3.26. The first-order chi connectivity index (χ1) is 13.0. The Balaban J connectivity index is 1.78. The highest BCUT2D eigenvalue weighted by atomic mass is 16.7. The summed E-state index contributed by atoms with van der Waals surface area (Å²) in [5, 5.41) is 10.7. The van der Waals surface area contributed by atoms with Crippen molar-refractivity contribution in [2.24, 2.45) is 5.92 Å². The summed E-state index contributed by atoms with van der Waals surface area (Å²) in [5.41, 5.74) is 1.02. The van der Waals surface area contributed by atoms with Gasteiger partial charge in [0.05, 0.1) is 12.2 Å². The molecule has 0 aromatic heterocycles. The molecule has 1 aliphatic carbocycles. The first-order valence-electron chi connectivity index (χ1n) is 9.18. The monoisotopic (exact) mass is 374 g/mol. The van der Waals surface area contributed by atoms with Crippen LogP contribution in [0.4, 0.5) is 0 Å². The third kappa shape index (κ3) is 2.55. The highest BCUT2D eigenvalue weighted by Crippen LogP contribution is 2.58. The van der Waals surface area contributed by atoms with Crippen LogP contribution < -0.4 is 9.47 Å². The van der Waals surface area contributed by atoms with Crippen molar-refractivity contribution >= 4 is 0 Å². The molecule has 3 aliphatic rings. The number of benzene rings is 1. The van der Waals surface area contributed by atoms with Gasteiger partial charge in [-0.05, 0) is 35.8 Å². The van der Waals surface area contributed by atoms with Crippen molar-refractivity contribution < 1.29 is 28.8 Å². The van der Waals surface area contributed by atoms with Crippen molar-refractivity contribution in [2.45, 2.75) is 43.4 Å². The zero-order valence-corrected chi connectivity index (χ0v) is 15.9. The minimum absolute atomic E-state index is 0.0601. The molecule has 146 valence electrons. The molecule has 0 radical (unpaired) electrons. The van der Waals surface area contributed by atoms with Crippen molar-refractivity contribution in [3.63, 3.8) is 0 Å². The number of aliphatic hydroxyl groups is 1. The molecule has 0 amide bonds. The van der Waals surface area contributed by atoms with Crippen LogP contribution in [-0.4, -0.2) is 43.6 Å². The van der Waals surface area contributed by atoms with E-state index >= 15 is 0 Å². The van der Waals surface area contributed by atoms with Gasteiger partial charge in [0.25, 0.3) is 0 Å². The summed E-state index contributed by atoms with van der Waals surface area (Å²) in [4.78, 5) is 0. The Bertz CT molecular complexity index is 774. The normalized spacial score (nSPS) is 37.0. The summed E-state index contributed by atoms with van der Waals surface area (Å²) in [6.45, 7) is 6.10. The topological polar surface area (TPSA) is 66.4 Å². The minimum Gasteiger partial charge on any atom is -0.454 e. The van der Waals surface area contributed by atoms with Crippen molar-refractivity contribution in [1.82, 2.24) is 0 Å². The van der Waals surface area contributed by atoms with E-state index in [0.29, 0.717) is 18.6 Å². The second-order valence-electron chi connectivity index (χ2n) is 7.33. The second kappa shape index (κ2) is 6.63. The molecule has 27 heavy (non-hydrogen) atoms. The van der Waals surface area contributed by atoms with E-state index in [4.69, 9.17) is 23.7 Å². The quantitative estimate of drug-likeness (QED) is 0.799. The van der Waals surface area contributed by atoms with Gasteiger partial charge in [0.15, 0.2) is 11.5 Å². The molecule has 5 atom stereocenters. The summed E-state index contributed by atoms with van der Waals surface area (Å²) in [6.07, 6.45) is 3.69. The number of hydrogen-bond donors (Lipinski definition) is 1. The summed E-state index contributed by atoms with van der Waals surface area (Å²) < 4.78 is 29.3. The Morgan fingerprint density at radius 2 is 2.04 bits per heavy atom. The Morgan fingerprint density at radius 1 is 1.26 bits per heavy atom. The first kappa shape index (κ1) is 18.5. The highest BCUT2D eigenvalue weighted by molar-refractivity contribution is 5.46. The molecule has 0 saturated carbocycles. The number of aliphatic hydroxyl groups excluding tert-OH is 1. The molecule has 1 aromatic rings. The number of rotatable bonds is 5. The smallest absolute Gasteiger partial charge is 0.231 e. The lowest BCUT2D eigenvalue weighted by Gasteiger charge is -2.47. The van der Waals surface area contributed by atoms with Gasteiger partial charge in [0, 0.05) is 26.6 Å².